The van der Waals surface area contributed by atoms with Crippen LogP contribution in [0.4, 0.5) is 9.52 Å². The highest BCUT2D eigenvalue weighted by Gasteiger charge is 2.19. The van der Waals surface area contributed by atoms with Crippen LogP contribution in [0.15, 0.2) is 65.1 Å². The molecule has 11 heteroatoms. The predicted molar refractivity (Wildman–Crippen MR) is 108 cm³/mol. The van der Waals surface area contributed by atoms with Gasteiger partial charge in [-0.05, 0) is 42.5 Å². The minimum Gasteiger partial charge on any atom is -0.454 e. The Morgan fingerprint density at radius 1 is 1.10 bits per heavy atom. The number of nitrogens with zero attached hydrogens (tertiary/aromatic N) is 2. The molecule has 0 aliphatic rings. The van der Waals surface area contributed by atoms with E-state index in [0.29, 0.717) is 22.0 Å². The number of hydrogen-bond acceptors (Lipinski definition) is 6. The molecule has 0 fully saturated rings. The van der Waals surface area contributed by atoms with Gasteiger partial charge in [-0.1, -0.05) is 11.6 Å². The van der Waals surface area contributed by atoms with Crippen molar-refractivity contribution in [2.45, 2.75) is 4.90 Å². The molecular weight excluding hydrogens is 439 g/mol. The Hall–Kier alpha value is -2.95. The SMILES string of the molecule is O=S(=O)(Nc1nccs1)c1ccc(Oc2ccc(Cl)cc2-c2ccn[nH]2)c(F)c1. The summed E-state index contributed by atoms with van der Waals surface area (Å²) in [7, 11) is -3.97. The molecule has 2 aromatic carbocycles. The Bertz CT molecular complexity index is 1250. The first-order chi connectivity index (χ1) is 13.9. The molecule has 29 heavy (non-hydrogen) atoms. The van der Waals surface area contributed by atoms with E-state index in [1.807, 2.05) is 0 Å². The van der Waals surface area contributed by atoms with Crippen molar-refractivity contribution in [2.75, 3.05) is 4.72 Å². The lowest BCUT2D eigenvalue weighted by Gasteiger charge is -2.12. The second kappa shape index (κ2) is 7.82. The van der Waals surface area contributed by atoms with Gasteiger partial charge in [0.25, 0.3) is 10.0 Å². The maximum absolute atomic E-state index is 14.6. The Balaban J connectivity index is 1.63. The monoisotopic (exact) mass is 450 g/mol. The standard InChI is InChI=1S/C18H12ClFN4O3S2/c19-11-1-3-16(13(9-11)15-5-6-22-23-15)27-17-4-2-12(10-14(17)20)29(25,26)24-18-21-7-8-28-18/h1-10H,(H,21,24)(H,22,23). The molecule has 4 rings (SSSR count). The average Bonchev–Trinajstić information content (AvgIpc) is 3.38. The highest BCUT2D eigenvalue weighted by atomic mass is 35.5. The summed E-state index contributed by atoms with van der Waals surface area (Å²) in [6.45, 7) is 0. The van der Waals surface area contributed by atoms with Gasteiger partial charge in [0.1, 0.15) is 5.75 Å². The molecule has 7 nitrogen and oxygen atoms in total. The van der Waals surface area contributed by atoms with Crippen molar-refractivity contribution in [2.24, 2.45) is 0 Å². The van der Waals surface area contributed by atoms with E-state index in [1.165, 1.54) is 18.3 Å². The number of halogens is 2. The zero-order chi connectivity index (χ0) is 20.4. The number of rotatable bonds is 6. The van der Waals surface area contributed by atoms with Crippen molar-refractivity contribution in [3.05, 3.63) is 71.1 Å². The van der Waals surface area contributed by atoms with Gasteiger partial charge in [-0.25, -0.2) is 17.8 Å². The number of aromatic nitrogens is 3. The fourth-order valence-corrected chi connectivity index (χ4v) is 4.48. The molecule has 2 aromatic heterocycles. The minimum atomic E-state index is -3.97. The van der Waals surface area contributed by atoms with Crippen LogP contribution < -0.4 is 9.46 Å². The van der Waals surface area contributed by atoms with Gasteiger partial charge in [0.05, 0.1) is 10.6 Å². The van der Waals surface area contributed by atoms with Crippen LogP contribution in [-0.2, 0) is 10.0 Å². The van der Waals surface area contributed by atoms with Gasteiger partial charge >= 0.3 is 0 Å². The van der Waals surface area contributed by atoms with Gasteiger partial charge in [0.15, 0.2) is 16.7 Å². The van der Waals surface area contributed by atoms with E-state index in [4.69, 9.17) is 16.3 Å². The Morgan fingerprint density at radius 2 is 1.93 bits per heavy atom. The topological polar surface area (TPSA) is 97.0 Å². The van der Waals surface area contributed by atoms with Crippen LogP contribution in [0.2, 0.25) is 5.02 Å². The highest BCUT2D eigenvalue weighted by Crippen LogP contribution is 2.36. The van der Waals surface area contributed by atoms with E-state index in [1.54, 1.807) is 35.8 Å². The normalized spacial score (nSPS) is 11.4. The van der Waals surface area contributed by atoms with Crippen LogP contribution in [0, 0.1) is 5.82 Å². The van der Waals surface area contributed by atoms with E-state index in [-0.39, 0.29) is 15.8 Å². The number of H-pyrrole nitrogens is 1. The molecule has 0 saturated heterocycles. The van der Waals surface area contributed by atoms with E-state index >= 15 is 0 Å². The molecule has 148 valence electrons. The van der Waals surface area contributed by atoms with Gasteiger partial charge in [-0.3, -0.25) is 9.82 Å². The molecule has 0 saturated carbocycles. The first kappa shape index (κ1) is 19.4. The van der Waals surface area contributed by atoms with Crippen LogP contribution in [0.1, 0.15) is 0 Å². The molecular formula is C18H12ClFN4O3S2. The second-order valence-corrected chi connectivity index (χ2v) is 8.76. The van der Waals surface area contributed by atoms with Gasteiger partial charge in [-0.15, -0.1) is 11.3 Å². The second-order valence-electron chi connectivity index (χ2n) is 5.75. The van der Waals surface area contributed by atoms with Crippen molar-refractivity contribution >= 4 is 38.1 Å². The molecule has 0 bridgehead atoms. The lowest BCUT2D eigenvalue weighted by Crippen LogP contribution is -2.13. The number of benzene rings is 2. The van der Waals surface area contributed by atoms with Crippen molar-refractivity contribution in [3.63, 3.8) is 0 Å². The summed E-state index contributed by atoms with van der Waals surface area (Å²) in [5.74, 6) is -0.645. The van der Waals surface area contributed by atoms with E-state index in [0.717, 1.165) is 17.4 Å². The number of ether oxygens (including phenoxy) is 1. The van der Waals surface area contributed by atoms with Crippen molar-refractivity contribution in [1.29, 1.82) is 0 Å². The van der Waals surface area contributed by atoms with Crippen LogP contribution in [0.3, 0.4) is 0 Å². The summed E-state index contributed by atoms with van der Waals surface area (Å²) in [6.07, 6.45) is 3.03. The number of sulfonamides is 1. The van der Waals surface area contributed by atoms with E-state index < -0.39 is 15.8 Å². The zero-order valence-electron chi connectivity index (χ0n) is 14.5. The largest absolute Gasteiger partial charge is 0.454 e. The Labute approximate surface area is 174 Å². The molecule has 0 radical (unpaired) electrons. The summed E-state index contributed by atoms with van der Waals surface area (Å²) in [5.41, 5.74) is 1.21. The van der Waals surface area contributed by atoms with Gasteiger partial charge in [0.2, 0.25) is 0 Å². The number of aromatic amines is 1. The molecule has 0 aliphatic heterocycles. The smallest absolute Gasteiger partial charge is 0.263 e. The van der Waals surface area contributed by atoms with E-state index in [2.05, 4.69) is 19.9 Å². The van der Waals surface area contributed by atoms with E-state index in [9.17, 15) is 12.8 Å². The maximum atomic E-state index is 14.6. The summed E-state index contributed by atoms with van der Waals surface area (Å²) >= 11 is 7.17. The lowest BCUT2D eigenvalue weighted by atomic mass is 10.1. The van der Waals surface area contributed by atoms with Gasteiger partial charge in [0, 0.05) is 28.4 Å². The third kappa shape index (κ3) is 4.24. The zero-order valence-corrected chi connectivity index (χ0v) is 16.9. The molecule has 4 aromatic rings. The van der Waals surface area contributed by atoms with Crippen molar-refractivity contribution in [3.8, 4) is 22.8 Å². The molecule has 0 amide bonds. The molecule has 0 atom stereocenters. The third-order valence-electron chi connectivity index (χ3n) is 3.82. The Kier molecular flexibility index (Phi) is 5.22. The fourth-order valence-electron chi connectivity index (χ4n) is 2.51. The highest BCUT2D eigenvalue weighted by molar-refractivity contribution is 7.93. The minimum absolute atomic E-state index is 0.138. The first-order valence-corrected chi connectivity index (χ1v) is 10.9. The van der Waals surface area contributed by atoms with Crippen LogP contribution in [0.5, 0.6) is 11.5 Å². The quantitative estimate of drug-likeness (QED) is 0.434. The average molecular weight is 451 g/mol. The summed E-state index contributed by atoms with van der Waals surface area (Å²) in [6, 6.07) is 9.94. The summed E-state index contributed by atoms with van der Waals surface area (Å²) in [5, 5.41) is 8.97. The summed E-state index contributed by atoms with van der Waals surface area (Å²) < 4.78 is 47.4. The van der Waals surface area contributed by atoms with Crippen molar-refractivity contribution in [1.82, 2.24) is 15.2 Å². The summed E-state index contributed by atoms with van der Waals surface area (Å²) in [4.78, 5) is 3.61. The molecule has 2 heterocycles. The Morgan fingerprint density at radius 3 is 2.62 bits per heavy atom. The number of nitrogens with one attached hydrogen (secondary N) is 2. The van der Waals surface area contributed by atoms with Crippen LogP contribution >= 0.6 is 22.9 Å². The van der Waals surface area contributed by atoms with Crippen LogP contribution in [-0.4, -0.2) is 23.6 Å². The third-order valence-corrected chi connectivity index (χ3v) is 6.21. The fraction of sp³-hybridized carbons (Fsp3) is 0. The van der Waals surface area contributed by atoms with Crippen molar-refractivity contribution < 1.29 is 17.5 Å². The molecule has 0 spiro atoms. The molecule has 0 aliphatic carbocycles. The lowest BCUT2D eigenvalue weighted by molar-refractivity contribution is 0.442. The molecule has 2 N–H and O–H groups in total. The molecule has 0 unspecified atom stereocenters. The number of anilines is 1. The first-order valence-electron chi connectivity index (χ1n) is 8.11. The van der Waals surface area contributed by atoms with Crippen LogP contribution in [0.25, 0.3) is 11.3 Å². The maximum Gasteiger partial charge on any atom is 0.263 e. The number of hydrogen-bond donors (Lipinski definition) is 2. The van der Waals surface area contributed by atoms with Gasteiger partial charge in [-0.2, -0.15) is 5.10 Å². The van der Waals surface area contributed by atoms with Gasteiger partial charge < -0.3 is 4.74 Å². The predicted octanol–water partition coefficient (Wildman–Crippen LogP) is 4.92. The number of thiazole rings is 1.